The second-order valence-corrected chi connectivity index (χ2v) is 10.9. The number of benzene rings is 5. The zero-order valence-electron chi connectivity index (χ0n) is 25.0. The maximum Gasteiger partial charge on any atom is 0.143 e. The van der Waals surface area contributed by atoms with Crippen molar-refractivity contribution in [1.29, 1.82) is 0 Å². The number of rotatable bonds is 13. The molecule has 0 spiro atoms. The van der Waals surface area contributed by atoms with Crippen LogP contribution in [0.3, 0.4) is 0 Å². The van der Waals surface area contributed by atoms with E-state index in [1.54, 1.807) is 6.20 Å². The molecule has 222 valence electrons. The summed E-state index contributed by atoms with van der Waals surface area (Å²) in [5.74, 6) is 1.65. The number of nitrogens with zero attached hydrogens (tertiary/aromatic N) is 2. The molecular weight excluding hydrogens is 556 g/mol. The molecule has 6 rings (SSSR count). The summed E-state index contributed by atoms with van der Waals surface area (Å²) in [4.78, 5) is 23.0. The van der Waals surface area contributed by atoms with E-state index in [-0.39, 0.29) is 12.2 Å². The van der Waals surface area contributed by atoms with Gasteiger partial charge in [-0.05, 0) is 58.7 Å². The maximum absolute atomic E-state index is 13.2. The number of ether oxygens (including phenoxy) is 2. The highest BCUT2D eigenvalue weighted by molar-refractivity contribution is 5.83. The van der Waals surface area contributed by atoms with E-state index < -0.39 is 0 Å². The van der Waals surface area contributed by atoms with E-state index in [0.717, 1.165) is 50.7 Å². The van der Waals surface area contributed by atoms with Gasteiger partial charge in [0.1, 0.15) is 30.5 Å². The normalized spacial score (nSPS) is 10.8. The summed E-state index contributed by atoms with van der Waals surface area (Å²) in [6.45, 7) is 1.01. The van der Waals surface area contributed by atoms with Crippen LogP contribution in [0.5, 0.6) is 11.5 Å². The van der Waals surface area contributed by atoms with Crippen LogP contribution in [-0.4, -0.2) is 15.8 Å². The van der Waals surface area contributed by atoms with E-state index in [2.05, 4.69) is 12.1 Å². The Morgan fingerprint density at radius 3 is 1.58 bits per heavy atom. The number of aromatic nitrogens is 2. The molecular formula is C40H34N2O3. The van der Waals surface area contributed by atoms with Crippen LogP contribution in [-0.2, 0) is 37.3 Å². The fourth-order valence-corrected chi connectivity index (χ4v) is 5.05. The van der Waals surface area contributed by atoms with Crippen LogP contribution >= 0.6 is 0 Å². The molecule has 0 aliphatic heterocycles. The number of ketones is 1. The molecule has 0 amide bonds. The third-order valence-corrected chi connectivity index (χ3v) is 7.48. The third kappa shape index (κ3) is 8.52. The monoisotopic (exact) mass is 590 g/mol. The topological polar surface area (TPSA) is 61.3 Å². The van der Waals surface area contributed by atoms with Crippen molar-refractivity contribution in [3.8, 4) is 22.8 Å². The smallest absolute Gasteiger partial charge is 0.143 e. The summed E-state index contributed by atoms with van der Waals surface area (Å²) in [5.41, 5.74) is 7.51. The molecule has 0 fully saturated rings. The largest absolute Gasteiger partial charge is 0.489 e. The first-order valence-electron chi connectivity index (χ1n) is 15.1. The number of carbonyl (C=O) groups is 1. The number of Topliss-reactive ketones (excluding diaryl/α,β-unsaturated/α-hetero) is 1. The highest BCUT2D eigenvalue weighted by atomic mass is 16.5. The van der Waals surface area contributed by atoms with E-state index in [9.17, 15) is 4.79 Å². The summed E-state index contributed by atoms with van der Waals surface area (Å²) < 4.78 is 11.8. The zero-order chi connectivity index (χ0) is 30.7. The van der Waals surface area contributed by atoms with Gasteiger partial charge >= 0.3 is 0 Å². The Hall–Kier alpha value is -5.55. The average Bonchev–Trinajstić information content (AvgIpc) is 3.09. The summed E-state index contributed by atoms with van der Waals surface area (Å²) >= 11 is 0. The minimum atomic E-state index is 0.0873. The molecule has 0 saturated carbocycles. The van der Waals surface area contributed by atoms with Crippen molar-refractivity contribution >= 4 is 5.78 Å². The van der Waals surface area contributed by atoms with Gasteiger partial charge in [0.05, 0.1) is 29.7 Å². The van der Waals surface area contributed by atoms with E-state index in [0.29, 0.717) is 31.7 Å². The van der Waals surface area contributed by atoms with Crippen molar-refractivity contribution in [2.24, 2.45) is 0 Å². The number of hydrogen-bond donors (Lipinski definition) is 0. The highest BCUT2D eigenvalue weighted by Crippen LogP contribution is 2.24. The molecule has 5 heteroatoms. The molecule has 0 aliphatic rings. The molecule has 6 aromatic rings. The maximum atomic E-state index is 13.2. The van der Waals surface area contributed by atoms with Crippen molar-refractivity contribution in [3.05, 3.63) is 179 Å². The van der Waals surface area contributed by atoms with E-state index in [1.165, 1.54) is 0 Å². The molecule has 0 unspecified atom stereocenters. The second kappa shape index (κ2) is 14.8. The van der Waals surface area contributed by atoms with Crippen LogP contribution in [0.25, 0.3) is 11.3 Å². The predicted octanol–water partition coefficient (Wildman–Crippen LogP) is 8.25. The summed E-state index contributed by atoms with van der Waals surface area (Å²) in [7, 11) is 0. The molecule has 1 aromatic heterocycles. The molecule has 0 N–H and O–H groups in total. The Morgan fingerprint density at radius 1 is 0.511 bits per heavy atom. The molecule has 0 radical (unpaired) electrons. The van der Waals surface area contributed by atoms with E-state index >= 15 is 0 Å². The van der Waals surface area contributed by atoms with Crippen LogP contribution in [0.2, 0.25) is 0 Å². The Bertz CT molecular complexity index is 1810. The van der Waals surface area contributed by atoms with E-state index in [1.807, 2.05) is 127 Å². The number of carbonyl (C=O) groups excluding carboxylic acids is 1. The van der Waals surface area contributed by atoms with E-state index in [4.69, 9.17) is 19.4 Å². The summed E-state index contributed by atoms with van der Waals surface area (Å²) in [6, 6.07) is 45.9. The average molecular weight is 591 g/mol. The lowest BCUT2D eigenvalue weighted by Crippen LogP contribution is -2.12. The standard InChI is InChI=1S/C40H34N2O3/c43-35(24-31-16-20-36(21-17-31)44-28-32-12-6-2-7-13-32)26-38-39(25-30-10-4-1-5-11-30)42-40(27-41-38)34-18-22-37(23-19-34)45-29-33-14-8-3-9-15-33/h1-23,27H,24-26,28-29H2. The lowest BCUT2D eigenvalue weighted by Gasteiger charge is -2.12. The fraction of sp³-hybridized carbons (Fsp3) is 0.125. The van der Waals surface area contributed by atoms with Crippen molar-refractivity contribution in [3.63, 3.8) is 0 Å². The Morgan fingerprint density at radius 2 is 1.02 bits per heavy atom. The number of hydrogen-bond acceptors (Lipinski definition) is 5. The molecule has 0 aliphatic carbocycles. The van der Waals surface area contributed by atoms with Gasteiger partial charge in [-0.25, -0.2) is 4.98 Å². The van der Waals surface area contributed by atoms with Crippen LogP contribution < -0.4 is 9.47 Å². The van der Waals surface area contributed by atoms with Gasteiger partial charge in [-0.3, -0.25) is 9.78 Å². The first kappa shape index (κ1) is 29.5. The molecule has 1 heterocycles. The fourth-order valence-electron chi connectivity index (χ4n) is 5.05. The quantitative estimate of drug-likeness (QED) is 0.136. The van der Waals surface area contributed by atoms with Crippen LogP contribution in [0.1, 0.15) is 33.6 Å². The van der Waals surface area contributed by atoms with Crippen LogP contribution in [0.15, 0.2) is 146 Å². The van der Waals surface area contributed by atoms with Gasteiger partial charge in [-0.2, -0.15) is 0 Å². The van der Waals surface area contributed by atoms with Crippen LogP contribution in [0, 0.1) is 0 Å². The first-order chi connectivity index (χ1) is 22.2. The van der Waals surface area contributed by atoms with Gasteiger partial charge in [0.25, 0.3) is 0 Å². The van der Waals surface area contributed by atoms with Gasteiger partial charge in [0, 0.05) is 18.4 Å². The van der Waals surface area contributed by atoms with Crippen molar-refractivity contribution in [2.45, 2.75) is 32.5 Å². The van der Waals surface area contributed by atoms with Gasteiger partial charge in [0.15, 0.2) is 0 Å². The third-order valence-electron chi connectivity index (χ3n) is 7.48. The highest BCUT2D eigenvalue weighted by Gasteiger charge is 2.15. The van der Waals surface area contributed by atoms with Crippen molar-refractivity contribution < 1.29 is 14.3 Å². The molecule has 0 atom stereocenters. The summed E-state index contributed by atoms with van der Waals surface area (Å²) in [6.07, 6.45) is 2.89. The van der Waals surface area contributed by atoms with Crippen molar-refractivity contribution in [2.75, 3.05) is 0 Å². The summed E-state index contributed by atoms with van der Waals surface area (Å²) in [5, 5.41) is 0. The Balaban J connectivity index is 1.12. The molecule has 5 nitrogen and oxygen atoms in total. The first-order valence-corrected chi connectivity index (χ1v) is 15.1. The van der Waals surface area contributed by atoms with Gasteiger partial charge in [0.2, 0.25) is 0 Å². The lowest BCUT2D eigenvalue weighted by molar-refractivity contribution is -0.117. The SMILES string of the molecule is O=C(Cc1ccc(OCc2ccccc2)cc1)Cc1ncc(-c2ccc(OCc3ccccc3)cc2)nc1Cc1ccccc1. The molecule has 45 heavy (non-hydrogen) atoms. The van der Waals surface area contributed by atoms with Gasteiger partial charge in [-0.1, -0.05) is 103 Å². The zero-order valence-corrected chi connectivity index (χ0v) is 25.0. The van der Waals surface area contributed by atoms with Gasteiger partial charge < -0.3 is 9.47 Å². The minimum absolute atomic E-state index is 0.0873. The Kier molecular flexibility index (Phi) is 9.68. The van der Waals surface area contributed by atoms with Crippen LogP contribution in [0.4, 0.5) is 0 Å². The minimum Gasteiger partial charge on any atom is -0.489 e. The molecule has 0 saturated heterocycles. The molecule has 5 aromatic carbocycles. The molecule has 0 bridgehead atoms. The lowest BCUT2D eigenvalue weighted by atomic mass is 10.0. The van der Waals surface area contributed by atoms with Gasteiger partial charge in [-0.15, -0.1) is 0 Å². The Labute approximate surface area is 264 Å². The second-order valence-electron chi connectivity index (χ2n) is 10.9. The van der Waals surface area contributed by atoms with Crippen molar-refractivity contribution in [1.82, 2.24) is 9.97 Å². The predicted molar refractivity (Wildman–Crippen MR) is 177 cm³/mol.